The number of amides is 1. The molecule has 0 fully saturated rings. The Hall–Kier alpha value is -2.77. The number of esters is 1. The Balaban J connectivity index is 1.52. The molecule has 6 nitrogen and oxygen atoms in total. The van der Waals surface area contributed by atoms with Crippen LogP contribution < -0.4 is 10.6 Å². The first kappa shape index (κ1) is 21.0. The van der Waals surface area contributed by atoms with Crippen molar-refractivity contribution in [2.45, 2.75) is 19.4 Å². The van der Waals surface area contributed by atoms with E-state index in [9.17, 15) is 9.59 Å². The molecule has 0 aliphatic rings. The summed E-state index contributed by atoms with van der Waals surface area (Å²) in [4.78, 5) is 28.9. The normalized spacial score (nSPS) is 13.0. The van der Waals surface area contributed by atoms with Gasteiger partial charge in [0.15, 0.2) is 0 Å². The number of hydrogen-bond acceptors (Lipinski definition) is 6. The molecule has 1 amide bonds. The first-order valence-electron chi connectivity index (χ1n) is 9.56. The highest BCUT2D eigenvalue weighted by Gasteiger charge is 2.26. The van der Waals surface area contributed by atoms with Crippen molar-refractivity contribution in [1.82, 2.24) is 15.6 Å². The number of hydrogen-bond donors (Lipinski definition) is 2. The van der Waals surface area contributed by atoms with Crippen molar-refractivity contribution in [3.05, 3.63) is 65.2 Å². The fraction of sp³-hybridized carbons (Fsp3) is 0.318. The highest BCUT2D eigenvalue weighted by molar-refractivity contribution is 7.18. The van der Waals surface area contributed by atoms with E-state index in [2.05, 4.69) is 15.6 Å². The lowest BCUT2D eigenvalue weighted by Gasteiger charge is -2.23. The van der Waals surface area contributed by atoms with Crippen molar-refractivity contribution in [2.24, 2.45) is 5.92 Å². The van der Waals surface area contributed by atoms with Crippen LogP contribution in [0.5, 0.6) is 0 Å². The average molecular weight is 412 g/mol. The van der Waals surface area contributed by atoms with Crippen LogP contribution in [0.2, 0.25) is 0 Å². The molecule has 0 unspecified atom stereocenters. The summed E-state index contributed by atoms with van der Waals surface area (Å²) in [5.74, 6) is -0.857. The minimum Gasteiger partial charge on any atom is -0.469 e. The quantitative estimate of drug-likeness (QED) is 0.529. The maximum Gasteiger partial charge on any atom is 0.310 e. The van der Waals surface area contributed by atoms with Gasteiger partial charge in [-0.15, -0.1) is 11.3 Å². The van der Waals surface area contributed by atoms with E-state index in [0.29, 0.717) is 13.0 Å². The minimum absolute atomic E-state index is 0.112. The minimum atomic E-state index is -0.419. The number of methoxy groups -OCH3 is 1. The number of aromatic nitrogens is 1. The van der Waals surface area contributed by atoms with Gasteiger partial charge in [0.2, 0.25) is 5.91 Å². The third-order valence-electron chi connectivity index (χ3n) is 4.71. The first-order valence-corrected chi connectivity index (χ1v) is 10.4. The Morgan fingerprint density at radius 3 is 2.55 bits per heavy atom. The third-order valence-corrected chi connectivity index (χ3v) is 5.81. The third kappa shape index (κ3) is 5.62. The number of carbonyl (C=O) groups excluding carboxylic acids is 2. The first-order chi connectivity index (χ1) is 14.1. The summed E-state index contributed by atoms with van der Waals surface area (Å²) in [5, 5.41) is 7.11. The van der Waals surface area contributed by atoms with Crippen molar-refractivity contribution in [3.8, 4) is 0 Å². The topological polar surface area (TPSA) is 80.3 Å². The van der Waals surface area contributed by atoms with E-state index in [-0.39, 0.29) is 24.5 Å². The van der Waals surface area contributed by atoms with E-state index in [1.165, 1.54) is 7.11 Å². The summed E-state index contributed by atoms with van der Waals surface area (Å²) < 4.78 is 6.03. The number of para-hydroxylation sites is 1. The van der Waals surface area contributed by atoms with Crippen LogP contribution in [0.1, 0.15) is 23.5 Å². The summed E-state index contributed by atoms with van der Waals surface area (Å²) in [6, 6.07) is 17.3. The molecule has 0 saturated carbocycles. The second kappa shape index (κ2) is 10.1. The lowest BCUT2D eigenvalue weighted by atomic mass is 9.94. The SMILES string of the molecule is COC(=O)[C@H](C)[C@@H](NCC(=O)NCCc1nc2ccccc2s1)c1ccccc1. The number of nitrogens with zero attached hydrogens (tertiary/aromatic N) is 1. The molecule has 2 atom stereocenters. The number of ether oxygens (including phenoxy) is 1. The van der Waals surface area contributed by atoms with Crippen LogP contribution in [0.25, 0.3) is 10.2 Å². The number of thiazole rings is 1. The number of nitrogens with one attached hydrogen (secondary N) is 2. The smallest absolute Gasteiger partial charge is 0.310 e. The molecule has 2 aromatic carbocycles. The fourth-order valence-corrected chi connectivity index (χ4v) is 4.13. The maximum absolute atomic E-state index is 12.3. The second-order valence-electron chi connectivity index (χ2n) is 6.76. The van der Waals surface area contributed by atoms with Crippen LogP contribution in [0.15, 0.2) is 54.6 Å². The zero-order valence-corrected chi connectivity index (χ0v) is 17.4. The Labute approximate surface area is 174 Å². The van der Waals surface area contributed by atoms with Crippen molar-refractivity contribution in [3.63, 3.8) is 0 Å². The molecule has 7 heteroatoms. The number of benzene rings is 2. The van der Waals surface area contributed by atoms with Crippen molar-refractivity contribution in [2.75, 3.05) is 20.2 Å². The average Bonchev–Trinajstić information content (AvgIpc) is 3.16. The number of carbonyl (C=O) groups is 2. The summed E-state index contributed by atoms with van der Waals surface area (Å²) >= 11 is 1.64. The van der Waals surface area contributed by atoms with E-state index in [1.54, 1.807) is 18.3 Å². The van der Waals surface area contributed by atoms with Crippen LogP contribution in [0, 0.1) is 5.92 Å². The van der Waals surface area contributed by atoms with Crippen LogP contribution in [0.4, 0.5) is 0 Å². The predicted molar refractivity (Wildman–Crippen MR) is 115 cm³/mol. The standard InChI is InChI=1S/C22H25N3O3S/c1-15(22(27)28-2)21(16-8-4-3-5-9-16)24-14-19(26)23-13-12-20-25-17-10-6-7-11-18(17)29-20/h3-11,15,21,24H,12-14H2,1-2H3,(H,23,26)/t15-,21-/m1/s1. The van der Waals surface area contributed by atoms with E-state index in [4.69, 9.17) is 4.74 Å². The van der Waals surface area contributed by atoms with Crippen LogP contribution in [0.3, 0.4) is 0 Å². The Kier molecular flexibility index (Phi) is 7.32. The van der Waals surface area contributed by atoms with Gasteiger partial charge in [-0.25, -0.2) is 4.98 Å². The lowest BCUT2D eigenvalue weighted by molar-refractivity contribution is -0.146. The zero-order valence-electron chi connectivity index (χ0n) is 16.6. The Morgan fingerprint density at radius 1 is 1.10 bits per heavy atom. The molecule has 0 radical (unpaired) electrons. The number of rotatable bonds is 9. The van der Waals surface area contributed by atoms with Gasteiger partial charge in [0, 0.05) is 19.0 Å². The van der Waals surface area contributed by atoms with Gasteiger partial charge in [0.25, 0.3) is 0 Å². The zero-order chi connectivity index (χ0) is 20.6. The fourth-order valence-electron chi connectivity index (χ4n) is 3.17. The molecule has 1 aromatic heterocycles. The molecule has 3 rings (SSSR count). The summed E-state index contributed by atoms with van der Waals surface area (Å²) in [7, 11) is 1.37. The molecule has 0 bridgehead atoms. The molecule has 0 saturated heterocycles. The summed E-state index contributed by atoms with van der Waals surface area (Å²) in [6.07, 6.45) is 0.686. The van der Waals surface area contributed by atoms with E-state index < -0.39 is 5.92 Å². The van der Waals surface area contributed by atoms with Gasteiger partial charge in [0.1, 0.15) is 0 Å². The molecule has 29 heavy (non-hydrogen) atoms. The molecule has 0 aliphatic carbocycles. The van der Waals surface area contributed by atoms with Gasteiger partial charge in [-0.05, 0) is 17.7 Å². The van der Waals surface area contributed by atoms with Gasteiger partial charge in [-0.3, -0.25) is 9.59 Å². The molecule has 152 valence electrons. The van der Waals surface area contributed by atoms with E-state index in [1.807, 2.05) is 54.6 Å². The van der Waals surface area contributed by atoms with Gasteiger partial charge in [-0.1, -0.05) is 49.4 Å². The lowest BCUT2D eigenvalue weighted by Crippen LogP contribution is -2.40. The van der Waals surface area contributed by atoms with Crippen molar-refractivity contribution < 1.29 is 14.3 Å². The van der Waals surface area contributed by atoms with Crippen molar-refractivity contribution >= 4 is 33.4 Å². The maximum atomic E-state index is 12.3. The Morgan fingerprint density at radius 2 is 1.83 bits per heavy atom. The molecular weight excluding hydrogens is 386 g/mol. The summed E-state index contributed by atoms with van der Waals surface area (Å²) in [5.41, 5.74) is 1.93. The van der Waals surface area contributed by atoms with Gasteiger partial charge >= 0.3 is 5.97 Å². The largest absolute Gasteiger partial charge is 0.469 e. The summed E-state index contributed by atoms with van der Waals surface area (Å²) in [6.45, 7) is 2.42. The predicted octanol–water partition coefficient (Wildman–Crippen LogP) is 3.10. The molecular formula is C22H25N3O3S. The van der Waals surface area contributed by atoms with Crippen molar-refractivity contribution in [1.29, 1.82) is 0 Å². The second-order valence-corrected chi connectivity index (χ2v) is 7.87. The van der Waals surface area contributed by atoms with E-state index >= 15 is 0 Å². The molecule has 0 aliphatic heterocycles. The van der Waals surface area contributed by atoms with Crippen LogP contribution in [-0.4, -0.2) is 37.1 Å². The Bertz CT molecular complexity index is 925. The van der Waals surface area contributed by atoms with Gasteiger partial charge in [-0.2, -0.15) is 0 Å². The van der Waals surface area contributed by atoms with Gasteiger partial charge < -0.3 is 15.4 Å². The van der Waals surface area contributed by atoms with E-state index in [0.717, 1.165) is 20.8 Å². The molecule has 0 spiro atoms. The van der Waals surface area contributed by atoms with Crippen LogP contribution in [-0.2, 0) is 20.7 Å². The molecule has 1 heterocycles. The van der Waals surface area contributed by atoms with Crippen LogP contribution >= 0.6 is 11.3 Å². The number of fused-ring (bicyclic) bond motifs is 1. The monoisotopic (exact) mass is 411 g/mol. The van der Waals surface area contributed by atoms with Gasteiger partial charge in [0.05, 0.1) is 34.8 Å². The molecule has 3 aromatic rings. The highest BCUT2D eigenvalue weighted by Crippen LogP contribution is 2.23. The highest BCUT2D eigenvalue weighted by atomic mass is 32.1. The molecule has 2 N–H and O–H groups in total.